The van der Waals surface area contributed by atoms with Gasteiger partial charge in [-0.1, -0.05) is 24.3 Å². The monoisotopic (exact) mass is 233 g/mol. The summed E-state index contributed by atoms with van der Waals surface area (Å²) in [6.45, 7) is 3.70. The first-order valence-corrected chi connectivity index (χ1v) is 6.36. The molecule has 2 heteroatoms. The molecule has 1 atom stereocenters. The summed E-state index contributed by atoms with van der Waals surface area (Å²) >= 11 is 0. The van der Waals surface area contributed by atoms with E-state index in [4.69, 9.17) is 0 Å². The summed E-state index contributed by atoms with van der Waals surface area (Å²) in [5.41, 5.74) is 1.89. The molecule has 1 aromatic rings. The zero-order chi connectivity index (χ0) is 12.1. The quantitative estimate of drug-likeness (QED) is 0.784. The number of hydrogen-bond acceptors (Lipinski definition) is 1. The van der Waals surface area contributed by atoms with Crippen molar-refractivity contribution < 1.29 is 4.39 Å². The van der Waals surface area contributed by atoms with Gasteiger partial charge in [-0.15, -0.1) is 0 Å². The summed E-state index contributed by atoms with van der Waals surface area (Å²) in [5.74, 6) is 0.646. The molecule has 1 unspecified atom stereocenters. The molecule has 0 radical (unpaired) electrons. The molecule has 0 fully saturated rings. The fourth-order valence-corrected chi connectivity index (χ4v) is 2.28. The molecule has 92 valence electrons. The Bertz CT molecular complexity index is 398. The van der Waals surface area contributed by atoms with Crippen LogP contribution in [-0.2, 0) is 6.54 Å². The second-order valence-corrected chi connectivity index (χ2v) is 4.86. The average molecular weight is 233 g/mol. The third-order valence-electron chi connectivity index (χ3n) is 3.36. The molecule has 1 N–H and O–H groups in total. The van der Waals surface area contributed by atoms with Gasteiger partial charge < -0.3 is 5.32 Å². The van der Waals surface area contributed by atoms with Crippen molar-refractivity contribution in [2.24, 2.45) is 5.92 Å². The largest absolute Gasteiger partial charge is 0.312 e. The van der Waals surface area contributed by atoms with E-state index in [1.807, 2.05) is 19.1 Å². The normalized spacial score (nSPS) is 19.5. The Morgan fingerprint density at radius 3 is 2.94 bits per heavy atom. The van der Waals surface area contributed by atoms with Crippen LogP contribution in [0, 0.1) is 18.7 Å². The molecule has 0 amide bonds. The van der Waals surface area contributed by atoms with Gasteiger partial charge in [-0.3, -0.25) is 0 Å². The van der Waals surface area contributed by atoms with Crippen LogP contribution < -0.4 is 5.32 Å². The lowest BCUT2D eigenvalue weighted by Crippen LogP contribution is -2.23. The number of hydrogen-bond donors (Lipinski definition) is 1. The Morgan fingerprint density at radius 1 is 1.35 bits per heavy atom. The third kappa shape index (κ3) is 3.67. The summed E-state index contributed by atoms with van der Waals surface area (Å²) in [5, 5.41) is 3.46. The lowest BCUT2D eigenvalue weighted by molar-refractivity contribution is 0.440. The summed E-state index contributed by atoms with van der Waals surface area (Å²) in [7, 11) is 0. The first-order chi connectivity index (χ1) is 8.25. The Balaban J connectivity index is 1.77. The Labute approximate surface area is 103 Å². The zero-order valence-electron chi connectivity index (χ0n) is 10.4. The molecule has 0 saturated carbocycles. The van der Waals surface area contributed by atoms with E-state index in [-0.39, 0.29) is 5.82 Å². The maximum Gasteiger partial charge on any atom is 0.126 e. The number of nitrogens with one attached hydrogen (secondary N) is 1. The molecule has 1 aliphatic rings. The van der Waals surface area contributed by atoms with Crippen LogP contribution in [0.3, 0.4) is 0 Å². The van der Waals surface area contributed by atoms with Crippen LogP contribution in [0.25, 0.3) is 0 Å². The van der Waals surface area contributed by atoms with Crippen molar-refractivity contribution in [1.82, 2.24) is 5.32 Å². The van der Waals surface area contributed by atoms with Crippen molar-refractivity contribution >= 4 is 0 Å². The predicted molar refractivity (Wildman–Crippen MR) is 69.3 cm³/mol. The van der Waals surface area contributed by atoms with Crippen LogP contribution in [0.15, 0.2) is 30.4 Å². The summed E-state index contributed by atoms with van der Waals surface area (Å²) in [6, 6.07) is 5.33. The topological polar surface area (TPSA) is 12.0 Å². The standard InChI is InChI=1S/C15H20FN/c1-12-9-14(7-8-15(12)16)11-17-10-13-5-3-2-4-6-13/h2-3,7-9,13,17H,4-6,10-11H2,1H3. The lowest BCUT2D eigenvalue weighted by Gasteiger charge is -2.18. The fraction of sp³-hybridized carbons (Fsp3) is 0.467. The van der Waals surface area contributed by atoms with Crippen molar-refractivity contribution in [3.63, 3.8) is 0 Å². The molecule has 0 spiro atoms. The van der Waals surface area contributed by atoms with E-state index in [1.165, 1.54) is 19.3 Å². The average Bonchev–Trinajstić information content (AvgIpc) is 2.35. The van der Waals surface area contributed by atoms with E-state index in [0.29, 0.717) is 0 Å². The van der Waals surface area contributed by atoms with Crippen LogP contribution in [0.1, 0.15) is 30.4 Å². The first kappa shape index (κ1) is 12.3. The maximum absolute atomic E-state index is 13.1. The molecule has 0 heterocycles. The highest BCUT2D eigenvalue weighted by Gasteiger charge is 2.08. The second kappa shape index (κ2) is 5.97. The van der Waals surface area contributed by atoms with Gasteiger partial charge in [-0.05, 0) is 55.8 Å². The summed E-state index contributed by atoms with van der Waals surface area (Å²) < 4.78 is 13.1. The smallest absolute Gasteiger partial charge is 0.126 e. The predicted octanol–water partition coefficient (Wildman–Crippen LogP) is 3.58. The van der Waals surface area contributed by atoms with Gasteiger partial charge >= 0.3 is 0 Å². The number of allylic oxidation sites excluding steroid dienone is 2. The number of halogens is 1. The molecule has 0 saturated heterocycles. The van der Waals surface area contributed by atoms with Gasteiger partial charge in [-0.25, -0.2) is 4.39 Å². The molecule has 1 nitrogen and oxygen atoms in total. The van der Waals surface area contributed by atoms with Gasteiger partial charge in [0, 0.05) is 6.54 Å². The fourth-order valence-electron chi connectivity index (χ4n) is 2.28. The molecular formula is C15H20FN. The van der Waals surface area contributed by atoms with Crippen molar-refractivity contribution in [2.75, 3.05) is 6.54 Å². The van der Waals surface area contributed by atoms with Crippen LogP contribution in [0.5, 0.6) is 0 Å². The van der Waals surface area contributed by atoms with Gasteiger partial charge in [0.1, 0.15) is 5.82 Å². The molecule has 1 aromatic carbocycles. The highest BCUT2D eigenvalue weighted by Crippen LogP contribution is 2.17. The molecular weight excluding hydrogens is 213 g/mol. The van der Waals surface area contributed by atoms with Gasteiger partial charge in [0.15, 0.2) is 0 Å². The van der Waals surface area contributed by atoms with Gasteiger partial charge in [0.2, 0.25) is 0 Å². The van der Waals surface area contributed by atoms with E-state index in [9.17, 15) is 4.39 Å². The third-order valence-corrected chi connectivity index (χ3v) is 3.36. The molecule has 0 bridgehead atoms. The minimum atomic E-state index is -0.119. The number of aryl methyl sites for hydroxylation is 1. The van der Waals surface area contributed by atoms with Crippen LogP contribution in [0.4, 0.5) is 4.39 Å². The molecule has 1 aliphatic carbocycles. The second-order valence-electron chi connectivity index (χ2n) is 4.86. The van der Waals surface area contributed by atoms with Crippen molar-refractivity contribution in [3.05, 3.63) is 47.3 Å². The van der Waals surface area contributed by atoms with Crippen molar-refractivity contribution in [3.8, 4) is 0 Å². The van der Waals surface area contributed by atoms with Crippen LogP contribution in [-0.4, -0.2) is 6.54 Å². The molecule has 0 aromatic heterocycles. The highest BCUT2D eigenvalue weighted by molar-refractivity contribution is 5.23. The van der Waals surface area contributed by atoms with E-state index in [1.54, 1.807) is 6.07 Å². The number of benzene rings is 1. The Morgan fingerprint density at radius 2 is 2.24 bits per heavy atom. The molecule has 2 rings (SSSR count). The SMILES string of the molecule is Cc1cc(CNCC2CC=CCC2)ccc1F. The Hall–Kier alpha value is -1.15. The van der Waals surface area contributed by atoms with Gasteiger partial charge in [0.05, 0.1) is 0 Å². The van der Waals surface area contributed by atoms with Gasteiger partial charge in [-0.2, -0.15) is 0 Å². The van der Waals surface area contributed by atoms with Crippen molar-refractivity contribution in [2.45, 2.75) is 32.7 Å². The molecule has 0 aliphatic heterocycles. The highest BCUT2D eigenvalue weighted by atomic mass is 19.1. The summed E-state index contributed by atoms with van der Waals surface area (Å²) in [6.07, 6.45) is 8.22. The number of rotatable bonds is 4. The minimum Gasteiger partial charge on any atom is -0.312 e. The minimum absolute atomic E-state index is 0.119. The zero-order valence-corrected chi connectivity index (χ0v) is 10.4. The first-order valence-electron chi connectivity index (χ1n) is 6.36. The Kier molecular flexibility index (Phi) is 4.32. The van der Waals surface area contributed by atoms with Crippen LogP contribution >= 0.6 is 0 Å². The molecule has 17 heavy (non-hydrogen) atoms. The van der Waals surface area contributed by atoms with E-state index < -0.39 is 0 Å². The van der Waals surface area contributed by atoms with Crippen molar-refractivity contribution in [1.29, 1.82) is 0 Å². The van der Waals surface area contributed by atoms with Gasteiger partial charge in [0.25, 0.3) is 0 Å². The maximum atomic E-state index is 13.1. The summed E-state index contributed by atoms with van der Waals surface area (Å²) in [4.78, 5) is 0. The van der Waals surface area contributed by atoms with Crippen LogP contribution in [0.2, 0.25) is 0 Å². The van der Waals surface area contributed by atoms with E-state index in [0.717, 1.165) is 30.1 Å². The van der Waals surface area contributed by atoms with E-state index in [2.05, 4.69) is 17.5 Å². The van der Waals surface area contributed by atoms with E-state index >= 15 is 0 Å². The lowest BCUT2D eigenvalue weighted by atomic mass is 9.94.